The Morgan fingerprint density at radius 2 is 1.90 bits per heavy atom. The normalized spacial score (nSPS) is 10.5. The van der Waals surface area contributed by atoms with Crippen molar-refractivity contribution >= 4 is 17.2 Å². The molecule has 2 heterocycles. The van der Waals surface area contributed by atoms with Crippen LogP contribution in [0.4, 0.5) is 5.82 Å². The lowest BCUT2D eigenvalue weighted by atomic mass is 10.1. The summed E-state index contributed by atoms with van der Waals surface area (Å²) in [5, 5.41) is 4.33. The number of benzene rings is 1. The average molecular weight is 296 g/mol. The molecule has 0 spiro atoms. The quantitative estimate of drug-likeness (QED) is 0.778. The Hall–Kier alpha value is -2.27. The Balaban J connectivity index is 1.66. The lowest BCUT2D eigenvalue weighted by molar-refractivity contribution is 1.09. The second-order valence-electron chi connectivity index (χ2n) is 4.63. The number of nitrogens with one attached hydrogen (secondary N) is 1. The van der Waals surface area contributed by atoms with Gasteiger partial charge in [-0.2, -0.15) is 0 Å². The van der Waals surface area contributed by atoms with E-state index < -0.39 is 0 Å². The molecule has 0 bridgehead atoms. The maximum Gasteiger partial charge on any atom is 0.144 e. The summed E-state index contributed by atoms with van der Waals surface area (Å²) in [5.41, 5.74) is 2.37. The number of thiazole rings is 1. The van der Waals surface area contributed by atoms with E-state index in [1.165, 1.54) is 16.0 Å². The molecule has 1 N–H and O–H groups in total. The zero-order chi connectivity index (χ0) is 14.5. The van der Waals surface area contributed by atoms with Gasteiger partial charge in [-0.15, -0.1) is 11.3 Å². The highest BCUT2D eigenvalue weighted by atomic mass is 32.1. The highest BCUT2D eigenvalue weighted by Gasteiger charge is 2.03. The molecule has 0 aliphatic heterocycles. The number of nitrogens with zero attached hydrogens (tertiary/aromatic N) is 3. The zero-order valence-electron chi connectivity index (χ0n) is 11.8. The second kappa shape index (κ2) is 6.45. The van der Waals surface area contributed by atoms with E-state index in [1.54, 1.807) is 29.9 Å². The zero-order valence-corrected chi connectivity index (χ0v) is 12.6. The molecule has 21 heavy (non-hydrogen) atoms. The first-order valence-electron chi connectivity index (χ1n) is 6.89. The Bertz CT molecular complexity index is 692. The second-order valence-corrected chi connectivity index (χ2v) is 5.74. The summed E-state index contributed by atoms with van der Waals surface area (Å²) in [4.78, 5) is 14.0. The van der Waals surface area contributed by atoms with Gasteiger partial charge in [-0.05, 0) is 12.0 Å². The molecule has 1 aromatic carbocycles. The number of aromatic nitrogens is 3. The minimum atomic E-state index is 0.733. The van der Waals surface area contributed by atoms with Crippen LogP contribution in [0.15, 0.2) is 49.1 Å². The standard InChI is InChI=1S/C16H16N4S/c1-2-14-10-20-16(21-14)13-5-3-12(4-6-13)9-19-15-11-17-7-8-18-15/h3-8,10-11H,2,9H2,1H3,(H,18,19). The molecule has 5 heteroatoms. The smallest absolute Gasteiger partial charge is 0.144 e. The maximum atomic E-state index is 4.47. The number of rotatable bonds is 5. The van der Waals surface area contributed by atoms with Crippen LogP contribution in [0.25, 0.3) is 10.6 Å². The molecule has 0 aliphatic carbocycles. The Labute approximate surface area is 127 Å². The number of hydrogen-bond acceptors (Lipinski definition) is 5. The van der Waals surface area contributed by atoms with Gasteiger partial charge < -0.3 is 5.32 Å². The van der Waals surface area contributed by atoms with Gasteiger partial charge in [-0.1, -0.05) is 31.2 Å². The first-order chi connectivity index (χ1) is 10.3. The number of aryl methyl sites for hydroxylation is 1. The Morgan fingerprint density at radius 1 is 1.05 bits per heavy atom. The fourth-order valence-corrected chi connectivity index (χ4v) is 2.81. The number of hydrogen-bond donors (Lipinski definition) is 1. The van der Waals surface area contributed by atoms with E-state index in [1.807, 2.05) is 6.20 Å². The molecule has 0 atom stereocenters. The van der Waals surface area contributed by atoms with Crippen LogP contribution in [0, 0.1) is 0 Å². The van der Waals surface area contributed by atoms with Crippen LogP contribution < -0.4 is 5.32 Å². The van der Waals surface area contributed by atoms with Crippen molar-refractivity contribution in [3.63, 3.8) is 0 Å². The Kier molecular flexibility index (Phi) is 4.21. The minimum absolute atomic E-state index is 0.733. The molecule has 106 valence electrons. The topological polar surface area (TPSA) is 50.7 Å². The molecule has 0 saturated carbocycles. The van der Waals surface area contributed by atoms with Crippen molar-refractivity contribution in [1.29, 1.82) is 0 Å². The highest BCUT2D eigenvalue weighted by Crippen LogP contribution is 2.25. The third-order valence-corrected chi connectivity index (χ3v) is 4.33. The summed E-state index contributed by atoms with van der Waals surface area (Å²) < 4.78 is 0. The van der Waals surface area contributed by atoms with Crippen LogP contribution >= 0.6 is 11.3 Å². The van der Waals surface area contributed by atoms with Gasteiger partial charge >= 0.3 is 0 Å². The third-order valence-electron chi connectivity index (χ3n) is 3.14. The van der Waals surface area contributed by atoms with Crippen molar-refractivity contribution in [3.8, 4) is 10.6 Å². The van der Waals surface area contributed by atoms with Gasteiger partial charge in [0.15, 0.2) is 0 Å². The molecule has 2 aromatic heterocycles. The first kappa shape index (κ1) is 13.7. The molecule has 0 fully saturated rings. The van der Waals surface area contributed by atoms with Crippen molar-refractivity contribution in [1.82, 2.24) is 15.0 Å². The van der Waals surface area contributed by atoms with Crippen LogP contribution in [0.1, 0.15) is 17.4 Å². The molecular formula is C16H16N4S. The van der Waals surface area contributed by atoms with Gasteiger partial charge in [0, 0.05) is 35.6 Å². The van der Waals surface area contributed by atoms with E-state index in [0.717, 1.165) is 23.8 Å². The van der Waals surface area contributed by atoms with E-state index in [2.05, 4.69) is 51.5 Å². The Morgan fingerprint density at radius 3 is 2.57 bits per heavy atom. The van der Waals surface area contributed by atoms with Crippen LogP contribution in [-0.2, 0) is 13.0 Å². The van der Waals surface area contributed by atoms with Gasteiger partial charge in [0.1, 0.15) is 10.8 Å². The van der Waals surface area contributed by atoms with E-state index in [0.29, 0.717) is 0 Å². The summed E-state index contributed by atoms with van der Waals surface area (Å²) in [5.74, 6) is 0.786. The summed E-state index contributed by atoms with van der Waals surface area (Å²) in [7, 11) is 0. The van der Waals surface area contributed by atoms with Gasteiger partial charge in [-0.25, -0.2) is 9.97 Å². The average Bonchev–Trinajstić information content (AvgIpc) is 3.03. The van der Waals surface area contributed by atoms with Crippen molar-refractivity contribution in [2.75, 3.05) is 5.32 Å². The summed E-state index contributed by atoms with van der Waals surface area (Å²) >= 11 is 1.76. The van der Waals surface area contributed by atoms with Crippen molar-refractivity contribution in [3.05, 3.63) is 59.5 Å². The van der Waals surface area contributed by atoms with E-state index in [-0.39, 0.29) is 0 Å². The van der Waals surface area contributed by atoms with E-state index >= 15 is 0 Å². The van der Waals surface area contributed by atoms with Crippen molar-refractivity contribution in [2.45, 2.75) is 19.9 Å². The summed E-state index contributed by atoms with van der Waals surface area (Å²) in [6.45, 7) is 2.88. The largest absolute Gasteiger partial charge is 0.365 e. The molecule has 0 aliphatic rings. The molecule has 0 amide bonds. The van der Waals surface area contributed by atoms with Crippen molar-refractivity contribution in [2.24, 2.45) is 0 Å². The van der Waals surface area contributed by atoms with Crippen molar-refractivity contribution < 1.29 is 0 Å². The molecule has 3 aromatic rings. The molecule has 4 nitrogen and oxygen atoms in total. The maximum absolute atomic E-state index is 4.47. The minimum Gasteiger partial charge on any atom is -0.365 e. The van der Waals surface area contributed by atoms with Crippen LogP contribution in [0.2, 0.25) is 0 Å². The summed E-state index contributed by atoms with van der Waals surface area (Å²) in [6, 6.07) is 8.47. The molecule has 3 rings (SSSR count). The monoisotopic (exact) mass is 296 g/mol. The predicted molar refractivity (Wildman–Crippen MR) is 86.3 cm³/mol. The van der Waals surface area contributed by atoms with E-state index in [4.69, 9.17) is 0 Å². The van der Waals surface area contributed by atoms with Crippen LogP contribution in [0.3, 0.4) is 0 Å². The van der Waals surface area contributed by atoms with E-state index in [9.17, 15) is 0 Å². The SMILES string of the molecule is CCc1cnc(-c2ccc(CNc3cnccn3)cc2)s1. The van der Waals surface area contributed by atoms with Gasteiger partial charge in [-0.3, -0.25) is 4.98 Å². The van der Waals surface area contributed by atoms with Gasteiger partial charge in [0.25, 0.3) is 0 Å². The highest BCUT2D eigenvalue weighted by molar-refractivity contribution is 7.15. The van der Waals surface area contributed by atoms with Gasteiger partial charge in [0.2, 0.25) is 0 Å². The molecule has 0 unspecified atom stereocenters. The predicted octanol–water partition coefficient (Wildman–Crippen LogP) is 3.77. The number of anilines is 1. The fraction of sp³-hybridized carbons (Fsp3) is 0.188. The summed E-state index contributed by atoms with van der Waals surface area (Å²) in [6.07, 6.45) is 8.06. The molecule has 0 saturated heterocycles. The third kappa shape index (κ3) is 3.44. The lowest BCUT2D eigenvalue weighted by Crippen LogP contribution is -2.01. The molecular weight excluding hydrogens is 280 g/mol. The lowest BCUT2D eigenvalue weighted by Gasteiger charge is -2.05. The van der Waals surface area contributed by atoms with Crippen LogP contribution in [0.5, 0.6) is 0 Å². The fourth-order valence-electron chi connectivity index (χ4n) is 1.95. The molecule has 0 radical (unpaired) electrons. The van der Waals surface area contributed by atoms with Crippen LogP contribution in [-0.4, -0.2) is 15.0 Å². The van der Waals surface area contributed by atoms with Gasteiger partial charge in [0.05, 0.1) is 6.20 Å². The first-order valence-corrected chi connectivity index (χ1v) is 7.70.